The summed E-state index contributed by atoms with van der Waals surface area (Å²) in [5.41, 5.74) is 2.15. The molecule has 6 nitrogen and oxygen atoms in total. The van der Waals surface area contributed by atoms with Crippen molar-refractivity contribution in [1.29, 1.82) is 0 Å². The molecule has 0 bridgehead atoms. The van der Waals surface area contributed by atoms with Crippen LogP contribution in [-0.2, 0) is 27.7 Å². The van der Waals surface area contributed by atoms with Gasteiger partial charge in [-0.25, -0.2) is 8.42 Å². The molecule has 0 saturated carbocycles. The Bertz CT molecular complexity index is 850. The quantitative estimate of drug-likeness (QED) is 0.497. The molecule has 1 unspecified atom stereocenters. The van der Waals surface area contributed by atoms with Crippen molar-refractivity contribution in [2.75, 3.05) is 26.5 Å². The van der Waals surface area contributed by atoms with E-state index in [9.17, 15) is 8.42 Å². The number of nitrogens with one attached hydrogen (secondary N) is 2. The molecule has 2 aromatic rings. The van der Waals surface area contributed by atoms with E-state index in [0.717, 1.165) is 12.1 Å². The maximum Gasteiger partial charge on any atom is 0.191 e. The number of hydrogen-bond donors (Lipinski definition) is 2. The van der Waals surface area contributed by atoms with E-state index in [-0.39, 0.29) is 0 Å². The Kier molecular flexibility index (Phi) is 8.47. The Hall–Kier alpha value is -2.38. The second-order valence-electron chi connectivity index (χ2n) is 6.83. The molecule has 0 aliphatic rings. The van der Waals surface area contributed by atoms with Crippen LogP contribution in [0.4, 0.5) is 0 Å². The fourth-order valence-corrected chi connectivity index (χ4v) is 3.17. The minimum absolute atomic E-state index is 0.322. The molecule has 152 valence electrons. The molecule has 28 heavy (non-hydrogen) atoms. The lowest BCUT2D eigenvalue weighted by Crippen LogP contribution is -2.39. The topological polar surface area (TPSA) is 79.8 Å². The number of guanidine groups is 1. The largest absolute Gasteiger partial charge is 0.376 e. The van der Waals surface area contributed by atoms with Crippen molar-refractivity contribution in [3.8, 4) is 0 Å². The number of benzene rings is 2. The molecule has 2 aromatic carbocycles. The van der Waals surface area contributed by atoms with E-state index in [1.54, 1.807) is 31.3 Å². The Balaban J connectivity index is 1.70. The molecule has 0 aliphatic heterocycles. The van der Waals surface area contributed by atoms with Crippen molar-refractivity contribution in [2.24, 2.45) is 10.9 Å². The van der Waals surface area contributed by atoms with Crippen molar-refractivity contribution < 1.29 is 13.2 Å². The molecule has 0 aromatic heterocycles. The van der Waals surface area contributed by atoms with Crippen molar-refractivity contribution >= 4 is 15.8 Å². The maximum absolute atomic E-state index is 11.5. The number of aliphatic imine (C=N–C) groups is 1. The van der Waals surface area contributed by atoms with Gasteiger partial charge in [-0.15, -0.1) is 0 Å². The first kappa shape index (κ1) is 21.9. The van der Waals surface area contributed by atoms with Crippen LogP contribution >= 0.6 is 0 Å². The van der Waals surface area contributed by atoms with E-state index in [0.29, 0.717) is 36.5 Å². The number of nitrogens with zero attached hydrogens (tertiary/aromatic N) is 1. The lowest BCUT2D eigenvalue weighted by Gasteiger charge is -2.16. The molecular formula is C21H29N3O3S. The van der Waals surface area contributed by atoms with Gasteiger partial charge in [0, 0.05) is 26.4 Å². The van der Waals surface area contributed by atoms with Gasteiger partial charge >= 0.3 is 0 Å². The first-order valence-electron chi connectivity index (χ1n) is 9.23. The van der Waals surface area contributed by atoms with Crippen LogP contribution in [0.2, 0.25) is 0 Å². The van der Waals surface area contributed by atoms with Gasteiger partial charge < -0.3 is 15.4 Å². The van der Waals surface area contributed by atoms with Crippen molar-refractivity contribution in [1.82, 2.24) is 10.6 Å². The standard InChI is InChI=1S/C21H29N3O3S/c1-17(15-27-16-19-7-5-4-6-8-19)13-23-21(22-2)24-14-18-9-11-20(12-10-18)28(3,25)26/h4-12,17H,13-16H2,1-3H3,(H2,22,23,24). The molecule has 1 atom stereocenters. The van der Waals surface area contributed by atoms with Gasteiger partial charge in [0.1, 0.15) is 0 Å². The van der Waals surface area contributed by atoms with Crippen molar-refractivity contribution in [2.45, 2.75) is 25.0 Å². The summed E-state index contributed by atoms with van der Waals surface area (Å²) in [5, 5.41) is 6.52. The molecular weight excluding hydrogens is 374 g/mol. The van der Waals surface area contributed by atoms with Crippen LogP contribution in [0.15, 0.2) is 64.5 Å². The van der Waals surface area contributed by atoms with Gasteiger partial charge in [-0.2, -0.15) is 0 Å². The highest BCUT2D eigenvalue weighted by molar-refractivity contribution is 7.90. The van der Waals surface area contributed by atoms with E-state index in [4.69, 9.17) is 4.74 Å². The van der Waals surface area contributed by atoms with Crippen LogP contribution in [0.25, 0.3) is 0 Å². The van der Waals surface area contributed by atoms with Crippen LogP contribution in [0.5, 0.6) is 0 Å². The molecule has 2 rings (SSSR count). The van der Waals surface area contributed by atoms with Gasteiger partial charge in [0.25, 0.3) is 0 Å². The van der Waals surface area contributed by atoms with Crippen LogP contribution in [-0.4, -0.2) is 40.8 Å². The predicted octanol–water partition coefficient (Wildman–Crippen LogP) is 2.61. The maximum atomic E-state index is 11.5. The summed E-state index contributed by atoms with van der Waals surface area (Å²) in [7, 11) is -1.45. The zero-order chi connectivity index (χ0) is 20.4. The first-order valence-corrected chi connectivity index (χ1v) is 11.1. The Morgan fingerprint density at radius 1 is 1.04 bits per heavy atom. The molecule has 2 N–H and O–H groups in total. The molecule has 0 saturated heterocycles. The van der Waals surface area contributed by atoms with Gasteiger partial charge in [0.05, 0.1) is 18.1 Å². The lowest BCUT2D eigenvalue weighted by molar-refractivity contribution is 0.0931. The van der Waals surface area contributed by atoms with Crippen LogP contribution in [0, 0.1) is 5.92 Å². The van der Waals surface area contributed by atoms with E-state index >= 15 is 0 Å². The monoisotopic (exact) mass is 403 g/mol. The number of sulfone groups is 1. The van der Waals surface area contributed by atoms with Crippen molar-refractivity contribution in [3.05, 3.63) is 65.7 Å². The summed E-state index contributed by atoms with van der Waals surface area (Å²) < 4.78 is 28.8. The average Bonchev–Trinajstić information content (AvgIpc) is 2.68. The number of hydrogen-bond acceptors (Lipinski definition) is 4. The second kappa shape index (κ2) is 10.8. The molecule has 0 heterocycles. The summed E-state index contributed by atoms with van der Waals surface area (Å²) in [4.78, 5) is 4.54. The third kappa shape index (κ3) is 7.70. The lowest BCUT2D eigenvalue weighted by atomic mass is 10.2. The second-order valence-corrected chi connectivity index (χ2v) is 8.84. The normalized spacial score (nSPS) is 13.2. The Morgan fingerprint density at radius 3 is 2.32 bits per heavy atom. The fourth-order valence-electron chi connectivity index (χ4n) is 2.54. The molecule has 0 fully saturated rings. The molecule has 0 aliphatic carbocycles. The third-order valence-corrected chi connectivity index (χ3v) is 5.30. The zero-order valence-corrected chi connectivity index (χ0v) is 17.5. The molecule has 0 radical (unpaired) electrons. The summed E-state index contributed by atoms with van der Waals surface area (Å²) >= 11 is 0. The summed E-state index contributed by atoms with van der Waals surface area (Å²) in [6, 6.07) is 17.0. The van der Waals surface area contributed by atoms with E-state index in [1.807, 2.05) is 18.2 Å². The minimum Gasteiger partial charge on any atom is -0.376 e. The SMILES string of the molecule is CN=C(NCc1ccc(S(C)(=O)=O)cc1)NCC(C)COCc1ccccc1. The van der Waals surface area contributed by atoms with E-state index in [1.165, 1.54) is 11.8 Å². The first-order chi connectivity index (χ1) is 13.4. The van der Waals surface area contributed by atoms with Gasteiger partial charge in [-0.05, 0) is 29.2 Å². The molecule has 0 amide bonds. The summed E-state index contributed by atoms with van der Waals surface area (Å²) in [6.45, 7) is 4.69. The van der Waals surface area contributed by atoms with E-state index in [2.05, 4.69) is 34.7 Å². The van der Waals surface area contributed by atoms with Gasteiger partial charge in [-0.1, -0.05) is 49.4 Å². The van der Waals surface area contributed by atoms with E-state index < -0.39 is 9.84 Å². The number of rotatable bonds is 9. The highest BCUT2D eigenvalue weighted by Crippen LogP contribution is 2.10. The van der Waals surface area contributed by atoms with Gasteiger partial charge in [-0.3, -0.25) is 4.99 Å². The Morgan fingerprint density at radius 2 is 1.71 bits per heavy atom. The van der Waals surface area contributed by atoms with Crippen LogP contribution in [0.3, 0.4) is 0 Å². The Labute approximate surface area is 168 Å². The highest BCUT2D eigenvalue weighted by atomic mass is 32.2. The number of ether oxygens (including phenoxy) is 1. The molecule has 7 heteroatoms. The van der Waals surface area contributed by atoms with Gasteiger partial charge in [0.15, 0.2) is 15.8 Å². The highest BCUT2D eigenvalue weighted by Gasteiger charge is 2.07. The fraction of sp³-hybridized carbons (Fsp3) is 0.381. The predicted molar refractivity (Wildman–Crippen MR) is 113 cm³/mol. The third-order valence-electron chi connectivity index (χ3n) is 4.17. The molecule has 0 spiro atoms. The average molecular weight is 404 g/mol. The minimum atomic E-state index is -3.17. The van der Waals surface area contributed by atoms with Crippen molar-refractivity contribution in [3.63, 3.8) is 0 Å². The smallest absolute Gasteiger partial charge is 0.191 e. The van der Waals surface area contributed by atoms with Crippen LogP contribution in [0.1, 0.15) is 18.1 Å². The zero-order valence-electron chi connectivity index (χ0n) is 16.7. The summed E-state index contributed by atoms with van der Waals surface area (Å²) in [5.74, 6) is 1.03. The van der Waals surface area contributed by atoms with Crippen LogP contribution < -0.4 is 10.6 Å². The summed E-state index contributed by atoms with van der Waals surface area (Å²) in [6.07, 6.45) is 1.21. The van der Waals surface area contributed by atoms with Gasteiger partial charge in [0.2, 0.25) is 0 Å².